The summed E-state index contributed by atoms with van der Waals surface area (Å²) in [5, 5.41) is 10.8. The summed E-state index contributed by atoms with van der Waals surface area (Å²) in [4.78, 5) is 28.3. The number of benzene rings is 1. The molecule has 0 bridgehead atoms. The molecule has 0 radical (unpaired) electrons. The molecule has 1 aromatic carbocycles. The van der Waals surface area contributed by atoms with Crippen molar-refractivity contribution < 1.29 is 33.1 Å². The topological polar surface area (TPSA) is 84.4 Å². The van der Waals surface area contributed by atoms with E-state index < -0.39 is 23.5 Å². The molecule has 0 unspecified atom stereocenters. The van der Waals surface area contributed by atoms with Crippen LogP contribution in [0.3, 0.4) is 0 Å². The molecule has 29 heavy (non-hydrogen) atoms. The Labute approximate surface area is 167 Å². The first kappa shape index (κ1) is 19.4. The van der Waals surface area contributed by atoms with Gasteiger partial charge in [-0.3, -0.25) is 9.59 Å². The maximum absolute atomic E-state index is 13.3. The molecule has 0 spiro atoms. The number of rotatable bonds is 5. The number of amides is 1. The quantitative estimate of drug-likeness (QED) is 0.439. The van der Waals surface area contributed by atoms with E-state index in [9.17, 15) is 19.1 Å². The third-order valence-electron chi connectivity index (χ3n) is 5.38. The summed E-state index contributed by atoms with van der Waals surface area (Å²) in [6, 6.07) is 7.63. The number of halogens is 1. The molecule has 7 nitrogen and oxygen atoms in total. The van der Waals surface area contributed by atoms with E-state index in [2.05, 4.69) is 0 Å². The number of aliphatic hydroxyl groups excluding tert-OH is 1. The highest BCUT2D eigenvalue weighted by Gasteiger charge is 2.47. The Morgan fingerprint density at radius 3 is 2.55 bits per heavy atom. The number of nitrogens with one attached hydrogen (secondary N) is 1. The highest BCUT2D eigenvalue weighted by Crippen LogP contribution is 2.39. The van der Waals surface area contributed by atoms with Crippen LogP contribution in [0.15, 0.2) is 52.7 Å². The number of carbonyl (C=O) groups is 2. The molecule has 4 rings (SSSR count). The van der Waals surface area contributed by atoms with E-state index in [-0.39, 0.29) is 16.9 Å². The predicted molar refractivity (Wildman–Crippen MR) is 101 cm³/mol. The molecule has 8 heteroatoms. The van der Waals surface area contributed by atoms with E-state index in [1.54, 1.807) is 12.1 Å². The van der Waals surface area contributed by atoms with Gasteiger partial charge in [-0.25, -0.2) is 4.39 Å². The molecule has 0 aliphatic carbocycles. The molecule has 2 saturated heterocycles. The fourth-order valence-corrected chi connectivity index (χ4v) is 3.81. The number of aliphatic hydroxyl groups is 1. The molecule has 3 heterocycles. The van der Waals surface area contributed by atoms with Crippen molar-refractivity contribution in [3.05, 3.63) is 65.4 Å². The van der Waals surface area contributed by atoms with E-state index in [0.717, 1.165) is 13.1 Å². The van der Waals surface area contributed by atoms with Crippen LogP contribution in [-0.2, 0) is 14.3 Å². The largest absolute Gasteiger partial charge is 0.507 e. The second-order valence-corrected chi connectivity index (χ2v) is 7.13. The zero-order valence-corrected chi connectivity index (χ0v) is 15.8. The van der Waals surface area contributed by atoms with Crippen LogP contribution >= 0.6 is 0 Å². The third-order valence-corrected chi connectivity index (χ3v) is 5.38. The number of ketones is 1. The van der Waals surface area contributed by atoms with Gasteiger partial charge < -0.3 is 24.1 Å². The minimum atomic E-state index is -0.824. The standard InChI is InChI=1S/C21H21FN2O5/c22-15-5-3-14(4-6-15)19(25)17-18(16-2-1-11-29-16)24(21(27)20(17)26)8-7-23-9-12-28-13-10-23/h1-6,11,18,25H,7-10,12-13H2/p+1/b19-17+/t18-/m0/s1. The average molecular weight is 401 g/mol. The molecule has 1 amide bonds. The van der Waals surface area contributed by atoms with Gasteiger partial charge in [0.25, 0.3) is 11.7 Å². The van der Waals surface area contributed by atoms with Gasteiger partial charge in [0, 0.05) is 5.56 Å². The number of hydrogen-bond acceptors (Lipinski definition) is 5. The van der Waals surface area contributed by atoms with Crippen LogP contribution in [0.5, 0.6) is 0 Å². The molecule has 152 valence electrons. The normalized spacial score (nSPS) is 22.4. The molecular formula is C21H22FN2O5+. The molecular weight excluding hydrogens is 379 g/mol. The maximum Gasteiger partial charge on any atom is 0.295 e. The van der Waals surface area contributed by atoms with Gasteiger partial charge in [-0.2, -0.15) is 0 Å². The number of hydrogen-bond donors (Lipinski definition) is 2. The fourth-order valence-electron chi connectivity index (χ4n) is 3.81. The molecule has 2 N–H and O–H groups in total. The minimum absolute atomic E-state index is 0.0477. The summed E-state index contributed by atoms with van der Waals surface area (Å²) in [5.74, 6) is -1.86. The van der Waals surface area contributed by atoms with Gasteiger partial charge >= 0.3 is 0 Å². The number of likely N-dealkylation sites (tertiary alicyclic amines) is 1. The van der Waals surface area contributed by atoms with Crippen LogP contribution in [-0.4, -0.2) is 61.1 Å². The average Bonchev–Trinajstić information content (AvgIpc) is 3.35. The van der Waals surface area contributed by atoms with E-state index in [1.807, 2.05) is 0 Å². The van der Waals surface area contributed by atoms with Crippen molar-refractivity contribution in [3.8, 4) is 0 Å². The van der Waals surface area contributed by atoms with Crippen LogP contribution in [0.25, 0.3) is 5.76 Å². The number of ether oxygens (including phenoxy) is 1. The zero-order valence-electron chi connectivity index (χ0n) is 15.8. The molecule has 2 aliphatic heterocycles. The Balaban J connectivity index is 1.68. The van der Waals surface area contributed by atoms with Crippen molar-refractivity contribution in [2.75, 3.05) is 39.4 Å². The van der Waals surface area contributed by atoms with Crippen LogP contribution in [0.4, 0.5) is 4.39 Å². The molecule has 1 atom stereocenters. The van der Waals surface area contributed by atoms with E-state index in [0.29, 0.717) is 32.1 Å². The van der Waals surface area contributed by atoms with Crippen molar-refractivity contribution in [1.82, 2.24) is 4.90 Å². The number of furan rings is 1. The van der Waals surface area contributed by atoms with Crippen molar-refractivity contribution in [2.24, 2.45) is 0 Å². The number of carbonyl (C=O) groups excluding carboxylic acids is 2. The Kier molecular flexibility index (Phi) is 5.46. The van der Waals surface area contributed by atoms with E-state index >= 15 is 0 Å². The van der Waals surface area contributed by atoms with Crippen LogP contribution in [0.2, 0.25) is 0 Å². The van der Waals surface area contributed by atoms with E-state index in [4.69, 9.17) is 9.15 Å². The Morgan fingerprint density at radius 2 is 1.90 bits per heavy atom. The van der Waals surface area contributed by atoms with Crippen LogP contribution in [0.1, 0.15) is 17.4 Å². The SMILES string of the molecule is O=C1C(=O)N(CC[NH+]2CCOCC2)[C@@H](c2ccco2)/C1=C(\O)c1ccc(F)cc1. The molecule has 0 saturated carbocycles. The maximum atomic E-state index is 13.3. The summed E-state index contributed by atoms with van der Waals surface area (Å²) in [5.41, 5.74) is 0.216. The van der Waals surface area contributed by atoms with Crippen molar-refractivity contribution in [1.29, 1.82) is 0 Å². The Hall–Kier alpha value is -2.97. The van der Waals surface area contributed by atoms with Gasteiger partial charge in [0.15, 0.2) is 0 Å². The lowest BCUT2D eigenvalue weighted by atomic mass is 9.99. The molecule has 2 aromatic rings. The van der Waals surface area contributed by atoms with Gasteiger partial charge in [-0.15, -0.1) is 0 Å². The van der Waals surface area contributed by atoms with Gasteiger partial charge in [0.2, 0.25) is 0 Å². The van der Waals surface area contributed by atoms with Gasteiger partial charge in [0.05, 0.1) is 38.1 Å². The molecule has 1 aromatic heterocycles. The number of nitrogens with zero attached hydrogens (tertiary/aromatic N) is 1. The molecule has 2 fully saturated rings. The lowest BCUT2D eigenvalue weighted by Gasteiger charge is -2.28. The molecule has 2 aliphatic rings. The van der Waals surface area contributed by atoms with Crippen LogP contribution < -0.4 is 4.90 Å². The van der Waals surface area contributed by atoms with E-state index in [1.165, 1.54) is 40.3 Å². The predicted octanol–water partition coefficient (Wildman–Crippen LogP) is 0.756. The summed E-state index contributed by atoms with van der Waals surface area (Å²) < 4.78 is 24.1. The summed E-state index contributed by atoms with van der Waals surface area (Å²) in [6.45, 7) is 4.01. The first-order valence-electron chi connectivity index (χ1n) is 9.55. The number of Topliss-reactive ketones (excluding diaryl/α,β-unsaturated/α-hetero) is 1. The second kappa shape index (κ2) is 8.18. The Bertz CT molecular complexity index is 917. The van der Waals surface area contributed by atoms with Crippen molar-refractivity contribution >= 4 is 17.4 Å². The third kappa shape index (κ3) is 3.81. The first-order valence-corrected chi connectivity index (χ1v) is 9.55. The highest BCUT2D eigenvalue weighted by atomic mass is 19.1. The van der Waals surface area contributed by atoms with Crippen molar-refractivity contribution in [2.45, 2.75) is 6.04 Å². The van der Waals surface area contributed by atoms with Gasteiger partial charge in [-0.05, 0) is 36.4 Å². The number of quaternary nitrogens is 1. The highest BCUT2D eigenvalue weighted by molar-refractivity contribution is 6.46. The van der Waals surface area contributed by atoms with Gasteiger partial charge in [0.1, 0.15) is 36.5 Å². The zero-order chi connectivity index (χ0) is 20.4. The first-order chi connectivity index (χ1) is 14.1. The second-order valence-electron chi connectivity index (χ2n) is 7.13. The van der Waals surface area contributed by atoms with Crippen LogP contribution in [0, 0.1) is 5.82 Å². The lowest BCUT2D eigenvalue weighted by Crippen LogP contribution is -3.14. The summed E-state index contributed by atoms with van der Waals surface area (Å²) in [7, 11) is 0. The fraction of sp³-hybridized carbons (Fsp3) is 0.333. The van der Waals surface area contributed by atoms with Crippen molar-refractivity contribution in [3.63, 3.8) is 0 Å². The summed E-state index contributed by atoms with van der Waals surface area (Å²) >= 11 is 0. The van der Waals surface area contributed by atoms with Gasteiger partial charge in [-0.1, -0.05) is 0 Å². The number of morpholine rings is 1. The Morgan fingerprint density at radius 1 is 1.17 bits per heavy atom. The lowest BCUT2D eigenvalue weighted by molar-refractivity contribution is -0.907. The monoisotopic (exact) mass is 401 g/mol. The minimum Gasteiger partial charge on any atom is -0.507 e. The summed E-state index contributed by atoms with van der Waals surface area (Å²) in [6.07, 6.45) is 1.46. The smallest absolute Gasteiger partial charge is 0.295 e.